The molecule has 9 heteroatoms. The van der Waals surface area contributed by atoms with Gasteiger partial charge in [0.15, 0.2) is 0 Å². The molecule has 1 aromatic carbocycles. The minimum absolute atomic E-state index is 0.106. The largest absolute Gasteiger partial charge is 0.416 e. The third kappa shape index (κ3) is 4.47. The number of anilines is 1. The van der Waals surface area contributed by atoms with Gasteiger partial charge in [0.25, 0.3) is 5.56 Å². The maximum absolute atomic E-state index is 13.5. The van der Waals surface area contributed by atoms with E-state index in [1.807, 2.05) is 13.8 Å². The van der Waals surface area contributed by atoms with Crippen molar-refractivity contribution in [3.05, 3.63) is 63.3 Å². The van der Waals surface area contributed by atoms with Gasteiger partial charge in [-0.05, 0) is 43.9 Å². The van der Waals surface area contributed by atoms with Crippen molar-refractivity contribution in [1.29, 1.82) is 0 Å². The average molecular weight is 450 g/mol. The summed E-state index contributed by atoms with van der Waals surface area (Å²) in [6.07, 6.45) is -1.73. The van der Waals surface area contributed by atoms with Crippen LogP contribution < -0.4 is 10.9 Å². The molecule has 1 saturated carbocycles. The molecule has 0 radical (unpaired) electrons. The lowest BCUT2D eigenvalue weighted by Crippen LogP contribution is -2.31. The quantitative estimate of drug-likeness (QED) is 0.520. The molecule has 172 valence electrons. The molecule has 2 aromatic heterocycles. The van der Waals surface area contributed by atoms with Crippen LogP contribution in [-0.2, 0) is 18.3 Å². The van der Waals surface area contributed by atoms with Gasteiger partial charge in [-0.1, -0.05) is 26.0 Å². The molecule has 0 unspecified atom stereocenters. The fraction of sp³-hybridized carbons (Fsp3) is 0.435. The summed E-state index contributed by atoms with van der Waals surface area (Å²) in [7, 11) is 0. The van der Waals surface area contributed by atoms with E-state index in [1.54, 1.807) is 19.2 Å². The van der Waals surface area contributed by atoms with Crippen molar-refractivity contribution in [2.45, 2.75) is 58.8 Å². The Hall–Kier alpha value is -2.97. The summed E-state index contributed by atoms with van der Waals surface area (Å²) in [6.45, 7) is 6.56. The second kappa shape index (κ2) is 8.88. The van der Waals surface area contributed by atoms with Crippen molar-refractivity contribution in [3.63, 3.8) is 0 Å². The number of nitrogens with zero attached hydrogens (tertiary/aromatic N) is 3. The maximum Gasteiger partial charge on any atom is 0.416 e. The van der Waals surface area contributed by atoms with Gasteiger partial charge >= 0.3 is 6.18 Å². The van der Waals surface area contributed by atoms with Gasteiger partial charge in [0, 0.05) is 18.8 Å². The molecule has 0 saturated heterocycles. The van der Waals surface area contributed by atoms with Gasteiger partial charge in [-0.3, -0.25) is 4.79 Å². The number of rotatable bonds is 5. The number of aryl methyl sites for hydroxylation is 1. The standard InChI is InChI=1S/C21H20F4N4O.C2H6/c1-12-14(4-3-5-16(12)21(23,24)25)9-26-19-15-10-29(20(11-22)6-7-20)18(30)8-17(15)27-13(2)28-19;1-2/h3-5,8,10H,6-7,9,11H2,1-2H3,(H,26,27,28);1-2H3. The molecule has 0 atom stereocenters. The average Bonchev–Trinajstić information content (AvgIpc) is 3.54. The molecular weight excluding hydrogens is 424 g/mol. The molecule has 0 aliphatic heterocycles. The Balaban J connectivity index is 0.00000141. The highest BCUT2D eigenvalue weighted by atomic mass is 19.4. The Labute approximate surface area is 183 Å². The van der Waals surface area contributed by atoms with E-state index < -0.39 is 24.0 Å². The van der Waals surface area contributed by atoms with E-state index in [0.29, 0.717) is 41.0 Å². The lowest BCUT2D eigenvalue weighted by Gasteiger charge is -2.18. The van der Waals surface area contributed by atoms with Gasteiger partial charge in [-0.25, -0.2) is 14.4 Å². The molecule has 3 aromatic rings. The Morgan fingerprint density at radius 3 is 2.44 bits per heavy atom. The number of benzene rings is 1. The van der Waals surface area contributed by atoms with Crippen LogP contribution in [0.3, 0.4) is 0 Å². The van der Waals surface area contributed by atoms with Crippen LogP contribution in [0.4, 0.5) is 23.4 Å². The van der Waals surface area contributed by atoms with E-state index in [-0.39, 0.29) is 17.7 Å². The van der Waals surface area contributed by atoms with Gasteiger partial charge < -0.3 is 9.88 Å². The van der Waals surface area contributed by atoms with Gasteiger partial charge in [0.1, 0.15) is 18.3 Å². The topological polar surface area (TPSA) is 59.8 Å². The highest BCUT2D eigenvalue weighted by Gasteiger charge is 2.45. The van der Waals surface area contributed by atoms with E-state index in [4.69, 9.17) is 0 Å². The summed E-state index contributed by atoms with van der Waals surface area (Å²) in [4.78, 5) is 21.1. The van der Waals surface area contributed by atoms with Crippen LogP contribution in [0.25, 0.3) is 10.9 Å². The van der Waals surface area contributed by atoms with Gasteiger partial charge in [-0.15, -0.1) is 0 Å². The molecule has 0 amide bonds. The van der Waals surface area contributed by atoms with E-state index in [0.717, 1.165) is 6.07 Å². The van der Waals surface area contributed by atoms with Crippen molar-refractivity contribution in [2.24, 2.45) is 0 Å². The summed E-state index contributed by atoms with van der Waals surface area (Å²) in [6, 6.07) is 5.38. The summed E-state index contributed by atoms with van der Waals surface area (Å²) >= 11 is 0. The van der Waals surface area contributed by atoms with Crippen LogP contribution in [0.1, 0.15) is 49.2 Å². The van der Waals surface area contributed by atoms with E-state index in [1.165, 1.54) is 23.6 Å². The first-order valence-corrected chi connectivity index (χ1v) is 10.5. The number of hydrogen-bond donors (Lipinski definition) is 1. The van der Waals surface area contributed by atoms with Crippen molar-refractivity contribution in [2.75, 3.05) is 12.0 Å². The van der Waals surface area contributed by atoms with Crippen molar-refractivity contribution in [3.8, 4) is 0 Å². The Bertz CT molecular complexity index is 1180. The molecular formula is C23H26F4N4O. The molecule has 1 fully saturated rings. The predicted molar refractivity (Wildman–Crippen MR) is 117 cm³/mol. The maximum atomic E-state index is 13.5. The minimum Gasteiger partial charge on any atom is -0.365 e. The number of halogens is 4. The molecule has 4 rings (SSSR count). The fourth-order valence-electron chi connectivity index (χ4n) is 3.67. The lowest BCUT2D eigenvalue weighted by atomic mass is 10.0. The van der Waals surface area contributed by atoms with Crippen LogP contribution in [0.2, 0.25) is 0 Å². The number of pyridine rings is 1. The van der Waals surface area contributed by atoms with Crippen LogP contribution >= 0.6 is 0 Å². The third-order valence-corrected chi connectivity index (χ3v) is 5.63. The number of nitrogens with one attached hydrogen (secondary N) is 1. The highest BCUT2D eigenvalue weighted by molar-refractivity contribution is 5.88. The Morgan fingerprint density at radius 1 is 1.16 bits per heavy atom. The molecule has 2 heterocycles. The molecule has 32 heavy (non-hydrogen) atoms. The van der Waals surface area contributed by atoms with E-state index >= 15 is 0 Å². The predicted octanol–water partition coefficient (Wildman–Crippen LogP) is 5.52. The Morgan fingerprint density at radius 2 is 1.84 bits per heavy atom. The molecule has 1 aliphatic rings. The first-order chi connectivity index (χ1) is 15.1. The van der Waals surface area contributed by atoms with Crippen molar-refractivity contribution in [1.82, 2.24) is 14.5 Å². The molecule has 1 aliphatic carbocycles. The first-order valence-electron chi connectivity index (χ1n) is 10.5. The van der Waals surface area contributed by atoms with E-state index in [9.17, 15) is 22.4 Å². The van der Waals surface area contributed by atoms with Gasteiger partial charge in [0.2, 0.25) is 0 Å². The number of alkyl halides is 4. The van der Waals surface area contributed by atoms with Crippen molar-refractivity contribution >= 4 is 16.7 Å². The zero-order valence-electron chi connectivity index (χ0n) is 18.5. The zero-order chi connectivity index (χ0) is 23.7. The number of hydrogen-bond acceptors (Lipinski definition) is 4. The minimum atomic E-state index is -4.43. The second-order valence-corrected chi connectivity index (χ2v) is 7.70. The summed E-state index contributed by atoms with van der Waals surface area (Å²) in [5, 5.41) is 3.59. The summed E-state index contributed by atoms with van der Waals surface area (Å²) in [5.74, 6) is 0.798. The summed E-state index contributed by atoms with van der Waals surface area (Å²) in [5.41, 5.74) is -0.815. The molecule has 5 nitrogen and oxygen atoms in total. The van der Waals surface area contributed by atoms with Crippen LogP contribution in [0.5, 0.6) is 0 Å². The number of fused-ring (bicyclic) bond motifs is 1. The third-order valence-electron chi connectivity index (χ3n) is 5.63. The molecule has 0 bridgehead atoms. The fourth-order valence-corrected chi connectivity index (χ4v) is 3.67. The van der Waals surface area contributed by atoms with Crippen LogP contribution in [-0.4, -0.2) is 21.2 Å². The van der Waals surface area contributed by atoms with Crippen LogP contribution in [0.15, 0.2) is 35.3 Å². The SMILES string of the molecule is CC.Cc1nc(NCc2cccc(C(F)(F)F)c2C)c2cn(C3(CF)CC3)c(=O)cc2n1. The van der Waals surface area contributed by atoms with Gasteiger partial charge in [0.05, 0.1) is 22.0 Å². The highest BCUT2D eigenvalue weighted by Crippen LogP contribution is 2.43. The second-order valence-electron chi connectivity index (χ2n) is 7.70. The van der Waals surface area contributed by atoms with Crippen LogP contribution in [0, 0.1) is 13.8 Å². The summed E-state index contributed by atoms with van der Waals surface area (Å²) < 4.78 is 54.4. The van der Waals surface area contributed by atoms with E-state index in [2.05, 4.69) is 15.3 Å². The lowest BCUT2D eigenvalue weighted by molar-refractivity contribution is -0.138. The zero-order valence-corrected chi connectivity index (χ0v) is 18.5. The molecule has 0 spiro atoms. The smallest absolute Gasteiger partial charge is 0.365 e. The normalized spacial score (nSPS) is 14.6. The molecule has 1 N–H and O–H groups in total. The number of aromatic nitrogens is 3. The monoisotopic (exact) mass is 450 g/mol. The Kier molecular flexibility index (Phi) is 6.57. The first kappa shape index (κ1) is 23.7. The van der Waals surface area contributed by atoms with Gasteiger partial charge in [-0.2, -0.15) is 13.2 Å². The van der Waals surface area contributed by atoms with Crippen molar-refractivity contribution < 1.29 is 17.6 Å².